The highest BCUT2D eigenvalue weighted by Gasteiger charge is 2.13. The summed E-state index contributed by atoms with van der Waals surface area (Å²) in [5.41, 5.74) is 0.868. The summed E-state index contributed by atoms with van der Waals surface area (Å²) in [5, 5.41) is 11.2. The first-order chi connectivity index (χ1) is 9.20. The van der Waals surface area contributed by atoms with Gasteiger partial charge in [0.05, 0.1) is 11.8 Å². The molecule has 5 nitrogen and oxygen atoms in total. The number of carbonyl (C=O) groups is 1. The molecule has 2 heterocycles. The molecule has 0 aliphatic rings. The lowest BCUT2D eigenvalue weighted by Crippen LogP contribution is -2.12. The molecule has 96 valence electrons. The highest BCUT2D eigenvalue weighted by Crippen LogP contribution is 2.18. The van der Waals surface area contributed by atoms with Crippen molar-refractivity contribution in [3.8, 4) is 11.8 Å². The Kier molecular flexibility index (Phi) is 4.18. The number of rotatable bonds is 2. The topological polar surface area (TPSA) is 75.4 Å². The first-order valence-corrected chi connectivity index (χ1v) is 5.68. The summed E-state index contributed by atoms with van der Waals surface area (Å²) in [6.45, 7) is -0.228. The van der Waals surface area contributed by atoms with E-state index in [-0.39, 0.29) is 17.4 Å². The Hall–Kier alpha value is -2.29. The van der Waals surface area contributed by atoms with E-state index in [1.165, 1.54) is 18.5 Å². The van der Waals surface area contributed by atoms with Crippen molar-refractivity contribution in [2.45, 2.75) is 0 Å². The van der Waals surface area contributed by atoms with Gasteiger partial charge in [-0.25, -0.2) is 4.98 Å². The number of pyridine rings is 1. The third-order valence-electron chi connectivity index (χ3n) is 2.18. The van der Waals surface area contributed by atoms with E-state index in [1.54, 1.807) is 12.1 Å². The van der Waals surface area contributed by atoms with Gasteiger partial charge in [0, 0.05) is 11.8 Å². The molecule has 2 N–H and O–H groups in total. The Bertz CT molecular complexity index is 655. The summed E-state index contributed by atoms with van der Waals surface area (Å²) >= 11 is 5.70. The summed E-state index contributed by atoms with van der Waals surface area (Å²) in [6, 6.07) is 4.73. The van der Waals surface area contributed by atoms with Crippen molar-refractivity contribution < 1.29 is 14.3 Å². The van der Waals surface area contributed by atoms with Crippen LogP contribution in [0.15, 0.2) is 35.1 Å². The molecule has 0 spiro atoms. The molecule has 0 aliphatic carbocycles. The number of hydrogen-bond acceptors (Lipinski definition) is 4. The van der Waals surface area contributed by atoms with E-state index in [2.05, 4.69) is 22.1 Å². The second kappa shape index (κ2) is 6.05. The van der Waals surface area contributed by atoms with Gasteiger partial charge < -0.3 is 14.8 Å². The Balaban J connectivity index is 2.15. The molecule has 1 amide bonds. The average molecular weight is 277 g/mol. The van der Waals surface area contributed by atoms with E-state index >= 15 is 0 Å². The number of aromatic nitrogens is 1. The number of halogens is 1. The van der Waals surface area contributed by atoms with Crippen LogP contribution in [0.4, 0.5) is 5.82 Å². The van der Waals surface area contributed by atoms with Crippen molar-refractivity contribution in [1.29, 1.82) is 0 Å². The second-order valence-electron chi connectivity index (χ2n) is 3.45. The number of aliphatic hydroxyl groups excluding tert-OH is 1. The van der Waals surface area contributed by atoms with Crippen molar-refractivity contribution in [1.82, 2.24) is 4.98 Å². The zero-order chi connectivity index (χ0) is 13.7. The summed E-state index contributed by atoms with van der Waals surface area (Å²) in [4.78, 5) is 15.8. The quantitative estimate of drug-likeness (QED) is 0.822. The highest BCUT2D eigenvalue weighted by atomic mass is 35.5. The smallest absolute Gasteiger partial charge is 0.261 e. The fraction of sp³-hybridized carbons (Fsp3) is 0.0769. The van der Waals surface area contributed by atoms with Gasteiger partial charge in [-0.1, -0.05) is 11.8 Å². The second-order valence-corrected chi connectivity index (χ2v) is 3.80. The molecule has 0 aliphatic heterocycles. The number of hydrogen-bond donors (Lipinski definition) is 2. The molecule has 0 bridgehead atoms. The molecule has 0 atom stereocenters. The maximum Gasteiger partial charge on any atom is 0.261 e. The molecular weight excluding hydrogens is 268 g/mol. The average Bonchev–Trinajstić information content (AvgIpc) is 2.83. The molecule has 0 aromatic carbocycles. The highest BCUT2D eigenvalue weighted by molar-refractivity contribution is 6.32. The fourth-order valence-electron chi connectivity index (χ4n) is 1.36. The van der Waals surface area contributed by atoms with E-state index in [0.717, 1.165) is 0 Å². The molecule has 2 aromatic heterocycles. The Morgan fingerprint density at radius 3 is 3.05 bits per heavy atom. The van der Waals surface area contributed by atoms with Crippen LogP contribution in [-0.4, -0.2) is 22.6 Å². The first-order valence-electron chi connectivity index (χ1n) is 5.31. The van der Waals surface area contributed by atoms with Crippen LogP contribution < -0.4 is 5.32 Å². The molecule has 0 unspecified atom stereocenters. The summed E-state index contributed by atoms with van der Waals surface area (Å²) in [7, 11) is 0. The summed E-state index contributed by atoms with van der Waals surface area (Å²) < 4.78 is 4.83. The van der Waals surface area contributed by atoms with Crippen molar-refractivity contribution in [3.63, 3.8) is 0 Å². The van der Waals surface area contributed by atoms with Gasteiger partial charge in [0.1, 0.15) is 12.4 Å². The number of furan rings is 1. The minimum atomic E-state index is -0.418. The molecular formula is C13H9ClN2O3. The summed E-state index contributed by atoms with van der Waals surface area (Å²) in [5.74, 6) is 5.15. The Morgan fingerprint density at radius 2 is 2.37 bits per heavy atom. The number of nitrogens with zero attached hydrogens (tertiary/aromatic N) is 1. The number of carbonyl (C=O) groups excluding carboxylic acids is 1. The van der Waals surface area contributed by atoms with Crippen LogP contribution in [0.2, 0.25) is 5.22 Å². The van der Waals surface area contributed by atoms with Crippen molar-refractivity contribution in [2.24, 2.45) is 0 Å². The molecule has 0 radical (unpaired) electrons. The van der Waals surface area contributed by atoms with Crippen molar-refractivity contribution in [2.75, 3.05) is 11.9 Å². The predicted molar refractivity (Wildman–Crippen MR) is 69.9 cm³/mol. The zero-order valence-corrected chi connectivity index (χ0v) is 10.4. The van der Waals surface area contributed by atoms with Crippen LogP contribution in [0, 0.1) is 11.8 Å². The maximum absolute atomic E-state index is 11.8. The standard InChI is InChI=1S/C13H9ClN2O3/c14-12-10(4-7-19-12)13(18)16-11-8-9(2-1-6-17)3-5-15-11/h3-5,7-8,17H,6H2,(H,15,16,18). The van der Waals surface area contributed by atoms with Gasteiger partial charge in [0.2, 0.25) is 5.22 Å². The normalized spacial score (nSPS) is 9.58. The Morgan fingerprint density at radius 1 is 1.53 bits per heavy atom. The van der Waals surface area contributed by atoms with Gasteiger partial charge in [-0.15, -0.1) is 0 Å². The van der Waals surface area contributed by atoms with E-state index in [9.17, 15) is 4.79 Å². The third kappa shape index (κ3) is 3.35. The number of nitrogens with one attached hydrogen (secondary N) is 1. The SMILES string of the molecule is O=C(Nc1cc(C#CCO)ccn1)c1ccoc1Cl. The van der Waals surface area contributed by atoms with Gasteiger partial charge in [-0.05, 0) is 29.8 Å². The molecule has 0 fully saturated rings. The molecule has 19 heavy (non-hydrogen) atoms. The lowest BCUT2D eigenvalue weighted by Gasteiger charge is -2.03. The summed E-state index contributed by atoms with van der Waals surface area (Å²) in [6.07, 6.45) is 2.84. The van der Waals surface area contributed by atoms with E-state index in [1.807, 2.05) is 0 Å². The predicted octanol–water partition coefficient (Wildman–Crippen LogP) is 1.92. The lowest BCUT2D eigenvalue weighted by atomic mass is 10.2. The molecule has 2 aromatic rings. The van der Waals surface area contributed by atoms with Gasteiger partial charge in [-0.2, -0.15) is 0 Å². The first kappa shape index (κ1) is 13.1. The third-order valence-corrected chi connectivity index (χ3v) is 2.47. The van der Waals surface area contributed by atoms with Crippen LogP contribution in [0.25, 0.3) is 0 Å². The van der Waals surface area contributed by atoms with E-state index in [0.29, 0.717) is 11.4 Å². The number of amides is 1. The minimum Gasteiger partial charge on any atom is -0.452 e. The van der Waals surface area contributed by atoms with Crippen LogP contribution >= 0.6 is 11.6 Å². The van der Waals surface area contributed by atoms with Gasteiger partial charge in [-0.3, -0.25) is 4.79 Å². The molecule has 0 saturated heterocycles. The van der Waals surface area contributed by atoms with Crippen molar-refractivity contribution >= 4 is 23.3 Å². The van der Waals surface area contributed by atoms with Gasteiger partial charge >= 0.3 is 0 Å². The molecule has 0 saturated carbocycles. The fourth-order valence-corrected chi connectivity index (χ4v) is 1.56. The van der Waals surface area contributed by atoms with Gasteiger partial charge in [0.15, 0.2) is 0 Å². The van der Waals surface area contributed by atoms with Crippen LogP contribution in [0.1, 0.15) is 15.9 Å². The lowest BCUT2D eigenvalue weighted by molar-refractivity contribution is 0.102. The van der Waals surface area contributed by atoms with E-state index in [4.69, 9.17) is 21.1 Å². The van der Waals surface area contributed by atoms with E-state index < -0.39 is 5.91 Å². The minimum absolute atomic E-state index is 0.0220. The molecule has 6 heteroatoms. The number of anilines is 1. The maximum atomic E-state index is 11.8. The van der Waals surface area contributed by atoms with Crippen LogP contribution in [0.3, 0.4) is 0 Å². The van der Waals surface area contributed by atoms with Crippen LogP contribution in [0.5, 0.6) is 0 Å². The molecule has 2 rings (SSSR count). The monoisotopic (exact) mass is 276 g/mol. The zero-order valence-electron chi connectivity index (χ0n) is 9.68. The largest absolute Gasteiger partial charge is 0.452 e. The van der Waals surface area contributed by atoms with Crippen LogP contribution in [-0.2, 0) is 0 Å². The Labute approximate surface area is 114 Å². The van der Waals surface area contributed by atoms with Crippen molar-refractivity contribution in [3.05, 3.63) is 47.0 Å². The van der Waals surface area contributed by atoms with Gasteiger partial charge in [0.25, 0.3) is 5.91 Å². The number of aliphatic hydroxyl groups is 1.